The SMILES string of the molecule is Cc1cc(C)nc(SCc2c(C(=O)N3CCCC(C)C3)nnn2-c2ccc(Br)cc2)n1. The number of carbonyl (C=O) groups excluding carboxylic acids is 1. The Morgan fingerprint density at radius 3 is 2.58 bits per heavy atom. The van der Waals surface area contributed by atoms with E-state index in [0.29, 0.717) is 22.5 Å². The van der Waals surface area contributed by atoms with Gasteiger partial charge in [0, 0.05) is 34.7 Å². The fourth-order valence-electron chi connectivity index (χ4n) is 3.80. The summed E-state index contributed by atoms with van der Waals surface area (Å²) in [6.45, 7) is 7.63. The van der Waals surface area contributed by atoms with Crippen molar-refractivity contribution < 1.29 is 4.79 Å². The number of aryl methyl sites for hydroxylation is 2. The first-order valence-electron chi connectivity index (χ1n) is 10.4. The zero-order valence-corrected chi connectivity index (χ0v) is 20.3. The van der Waals surface area contributed by atoms with Crippen molar-refractivity contribution >= 4 is 33.6 Å². The molecule has 4 rings (SSSR count). The molecule has 7 nitrogen and oxygen atoms in total. The van der Waals surface area contributed by atoms with E-state index in [9.17, 15) is 4.79 Å². The molecule has 1 aliphatic rings. The van der Waals surface area contributed by atoms with E-state index < -0.39 is 0 Å². The van der Waals surface area contributed by atoms with Crippen LogP contribution in [0.4, 0.5) is 0 Å². The molecule has 0 N–H and O–H groups in total. The molecular weight excluding hydrogens is 476 g/mol. The second kappa shape index (κ2) is 9.48. The Balaban J connectivity index is 1.67. The average Bonchev–Trinajstić information content (AvgIpc) is 3.15. The number of amides is 1. The van der Waals surface area contributed by atoms with Gasteiger partial charge in [-0.1, -0.05) is 39.8 Å². The first-order chi connectivity index (χ1) is 14.9. The lowest BCUT2D eigenvalue weighted by molar-refractivity contribution is 0.0676. The highest BCUT2D eigenvalue weighted by molar-refractivity contribution is 9.10. The monoisotopic (exact) mass is 500 g/mol. The molecule has 0 bridgehead atoms. The van der Waals surface area contributed by atoms with Crippen LogP contribution in [0, 0.1) is 19.8 Å². The van der Waals surface area contributed by atoms with Gasteiger partial charge in [-0.05, 0) is 62.9 Å². The van der Waals surface area contributed by atoms with E-state index in [1.807, 2.05) is 49.1 Å². The van der Waals surface area contributed by atoms with Crippen molar-refractivity contribution in [1.82, 2.24) is 29.9 Å². The maximum absolute atomic E-state index is 13.3. The van der Waals surface area contributed by atoms with Crippen LogP contribution in [0.2, 0.25) is 0 Å². The topological polar surface area (TPSA) is 76.8 Å². The molecule has 9 heteroatoms. The van der Waals surface area contributed by atoms with Gasteiger partial charge < -0.3 is 4.90 Å². The summed E-state index contributed by atoms with van der Waals surface area (Å²) in [5, 5.41) is 9.35. The highest BCUT2D eigenvalue weighted by Crippen LogP contribution is 2.26. The van der Waals surface area contributed by atoms with Gasteiger partial charge in [0.2, 0.25) is 0 Å². The quantitative estimate of drug-likeness (QED) is 0.376. The minimum atomic E-state index is -0.0492. The molecule has 0 aliphatic carbocycles. The molecule has 0 radical (unpaired) electrons. The zero-order chi connectivity index (χ0) is 22.0. The van der Waals surface area contributed by atoms with Gasteiger partial charge in [0.1, 0.15) is 0 Å². The molecule has 0 saturated carbocycles. The fraction of sp³-hybridized carbons (Fsp3) is 0.409. The Kier molecular flexibility index (Phi) is 6.71. The predicted octanol–water partition coefficient (Wildman–Crippen LogP) is 4.60. The molecule has 1 atom stereocenters. The molecule has 31 heavy (non-hydrogen) atoms. The van der Waals surface area contributed by atoms with Gasteiger partial charge in [0.15, 0.2) is 10.9 Å². The van der Waals surface area contributed by atoms with Crippen LogP contribution in [0.25, 0.3) is 5.69 Å². The summed E-state index contributed by atoms with van der Waals surface area (Å²) in [5.41, 5.74) is 3.88. The minimum Gasteiger partial charge on any atom is -0.337 e. The summed E-state index contributed by atoms with van der Waals surface area (Å²) >= 11 is 4.96. The number of nitrogens with zero attached hydrogens (tertiary/aromatic N) is 6. The van der Waals surface area contributed by atoms with E-state index >= 15 is 0 Å². The number of carbonyl (C=O) groups is 1. The van der Waals surface area contributed by atoms with Crippen molar-refractivity contribution in [2.45, 2.75) is 44.5 Å². The maximum Gasteiger partial charge on any atom is 0.276 e. The summed E-state index contributed by atoms with van der Waals surface area (Å²) in [6.07, 6.45) is 2.18. The molecule has 1 saturated heterocycles. The fourth-order valence-corrected chi connectivity index (χ4v) is 5.01. The van der Waals surface area contributed by atoms with Crippen molar-refractivity contribution in [2.75, 3.05) is 13.1 Å². The number of likely N-dealkylation sites (tertiary alicyclic amines) is 1. The van der Waals surface area contributed by atoms with Crippen LogP contribution in [0.1, 0.15) is 47.3 Å². The Morgan fingerprint density at radius 2 is 1.90 bits per heavy atom. The van der Waals surface area contributed by atoms with Crippen molar-refractivity contribution in [3.8, 4) is 5.69 Å². The van der Waals surface area contributed by atoms with E-state index in [1.54, 1.807) is 4.68 Å². The lowest BCUT2D eigenvalue weighted by Gasteiger charge is -2.30. The van der Waals surface area contributed by atoms with E-state index in [-0.39, 0.29) is 5.91 Å². The lowest BCUT2D eigenvalue weighted by Crippen LogP contribution is -2.39. The highest BCUT2D eigenvalue weighted by atomic mass is 79.9. The standard InChI is InChI=1S/C22H25BrN6OS/c1-14-5-4-10-28(12-14)21(30)20-19(13-31-22-24-15(2)11-16(3)25-22)29(27-26-20)18-8-6-17(23)7-9-18/h6-9,11,14H,4-5,10,12-13H2,1-3H3. The largest absolute Gasteiger partial charge is 0.337 e. The molecular formula is C22H25BrN6OS. The molecule has 1 aromatic carbocycles. The number of hydrogen-bond acceptors (Lipinski definition) is 6. The zero-order valence-electron chi connectivity index (χ0n) is 17.9. The van der Waals surface area contributed by atoms with Gasteiger partial charge in [0.05, 0.1) is 11.4 Å². The van der Waals surface area contributed by atoms with Crippen LogP contribution < -0.4 is 0 Å². The van der Waals surface area contributed by atoms with Gasteiger partial charge in [0.25, 0.3) is 5.91 Å². The molecule has 1 aliphatic heterocycles. The van der Waals surface area contributed by atoms with Crippen molar-refractivity contribution in [3.05, 3.63) is 57.6 Å². The Labute approximate surface area is 194 Å². The van der Waals surface area contributed by atoms with Crippen LogP contribution >= 0.6 is 27.7 Å². The number of benzene rings is 1. The van der Waals surface area contributed by atoms with Gasteiger partial charge >= 0.3 is 0 Å². The number of thioether (sulfide) groups is 1. The third kappa shape index (κ3) is 5.15. The number of piperidine rings is 1. The average molecular weight is 501 g/mol. The predicted molar refractivity (Wildman–Crippen MR) is 124 cm³/mol. The Bertz CT molecular complexity index is 1060. The first kappa shape index (κ1) is 22.0. The third-order valence-corrected chi connectivity index (χ3v) is 6.67. The molecule has 0 spiro atoms. The highest BCUT2D eigenvalue weighted by Gasteiger charge is 2.28. The molecule has 2 aromatic heterocycles. The lowest BCUT2D eigenvalue weighted by atomic mass is 10.00. The molecule has 1 fully saturated rings. The van der Waals surface area contributed by atoms with Crippen LogP contribution in [-0.4, -0.2) is 48.9 Å². The molecule has 1 unspecified atom stereocenters. The van der Waals surface area contributed by atoms with E-state index in [4.69, 9.17) is 0 Å². The van der Waals surface area contributed by atoms with E-state index in [0.717, 1.165) is 53.2 Å². The summed E-state index contributed by atoms with van der Waals surface area (Å²) < 4.78 is 2.73. The van der Waals surface area contributed by atoms with E-state index in [1.165, 1.54) is 11.8 Å². The van der Waals surface area contributed by atoms with E-state index in [2.05, 4.69) is 43.1 Å². The first-order valence-corrected chi connectivity index (χ1v) is 12.1. The second-order valence-corrected chi connectivity index (χ2v) is 9.85. The van der Waals surface area contributed by atoms with Crippen LogP contribution in [0.5, 0.6) is 0 Å². The summed E-state index contributed by atoms with van der Waals surface area (Å²) in [4.78, 5) is 24.3. The normalized spacial score (nSPS) is 16.5. The molecule has 162 valence electrons. The summed E-state index contributed by atoms with van der Waals surface area (Å²) in [7, 11) is 0. The third-order valence-electron chi connectivity index (χ3n) is 5.28. The van der Waals surface area contributed by atoms with Gasteiger partial charge in [-0.15, -0.1) is 5.10 Å². The Morgan fingerprint density at radius 1 is 1.19 bits per heavy atom. The minimum absolute atomic E-state index is 0.0492. The number of halogens is 1. The van der Waals surface area contributed by atoms with Crippen molar-refractivity contribution in [2.24, 2.45) is 5.92 Å². The summed E-state index contributed by atoms with van der Waals surface area (Å²) in [5.74, 6) is 0.948. The van der Waals surface area contributed by atoms with Crippen LogP contribution in [0.15, 0.2) is 40.0 Å². The second-order valence-electron chi connectivity index (χ2n) is 7.99. The van der Waals surface area contributed by atoms with Gasteiger partial charge in [-0.3, -0.25) is 4.79 Å². The van der Waals surface area contributed by atoms with Crippen LogP contribution in [0.3, 0.4) is 0 Å². The van der Waals surface area contributed by atoms with Gasteiger partial charge in [-0.2, -0.15) is 0 Å². The smallest absolute Gasteiger partial charge is 0.276 e. The Hall–Kier alpha value is -2.26. The molecule has 1 amide bonds. The number of hydrogen-bond donors (Lipinski definition) is 0. The number of rotatable bonds is 5. The van der Waals surface area contributed by atoms with Crippen LogP contribution in [-0.2, 0) is 5.75 Å². The van der Waals surface area contributed by atoms with Crippen molar-refractivity contribution in [3.63, 3.8) is 0 Å². The molecule has 3 aromatic rings. The maximum atomic E-state index is 13.3. The van der Waals surface area contributed by atoms with Gasteiger partial charge in [-0.25, -0.2) is 14.6 Å². The van der Waals surface area contributed by atoms with Crippen molar-refractivity contribution in [1.29, 1.82) is 0 Å². The molecule has 3 heterocycles. The summed E-state index contributed by atoms with van der Waals surface area (Å²) in [6, 6.07) is 9.77. The number of aromatic nitrogens is 5.